The van der Waals surface area contributed by atoms with Crippen LogP contribution in [0.15, 0.2) is 30.3 Å². The fraction of sp³-hybridized carbons (Fsp3) is 0.421. The molecule has 2 N–H and O–H groups in total. The molecule has 0 amide bonds. The Morgan fingerprint density at radius 3 is 2.48 bits per heavy atom. The maximum atomic E-state index is 4.70. The quantitative estimate of drug-likeness (QED) is 0.745. The van der Waals surface area contributed by atoms with Crippen LogP contribution in [-0.2, 0) is 13.5 Å². The average molecular weight is 338 g/mol. The minimum absolute atomic E-state index is 0.0924. The van der Waals surface area contributed by atoms with Crippen LogP contribution in [0.25, 0.3) is 11.0 Å². The largest absolute Gasteiger partial charge is 0.365 e. The zero-order valence-corrected chi connectivity index (χ0v) is 15.6. The first-order valence-electron chi connectivity index (χ1n) is 8.61. The number of hydrogen-bond acceptors (Lipinski definition) is 5. The number of anilines is 2. The predicted molar refractivity (Wildman–Crippen MR) is 103 cm³/mol. The van der Waals surface area contributed by atoms with Gasteiger partial charge >= 0.3 is 0 Å². The molecular formula is C19H26N6. The number of aromatic nitrogens is 4. The van der Waals surface area contributed by atoms with Gasteiger partial charge in [0.2, 0.25) is 5.95 Å². The monoisotopic (exact) mass is 338 g/mol. The summed E-state index contributed by atoms with van der Waals surface area (Å²) < 4.78 is 1.81. The zero-order chi connectivity index (χ0) is 18.0. The van der Waals surface area contributed by atoms with Crippen molar-refractivity contribution >= 4 is 22.8 Å². The number of aryl methyl sites for hydroxylation is 2. The van der Waals surface area contributed by atoms with E-state index in [1.807, 2.05) is 24.7 Å². The molecular weight excluding hydrogens is 312 g/mol. The molecule has 1 aromatic carbocycles. The molecule has 0 fully saturated rings. The van der Waals surface area contributed by atoms with E-state index >= 15 is 0 Å². The second kappa shape index (κ2) is 6.70. The van der Waals surface area contributed by atoms with E-state index < -0.39 is 0 Å². The van der Waals surface area contributed by atoms with Crippen LogP contribution in [0, 0.1) is 6.92 Å². The number of nitrogens with one attached hydrogen (secondary N) is 2. The SMILES string of the molecule is Cc1nn(C)c2nc(NCCc3ccccc3)nc(NC(C)(C)C)c12. The van der Waals surface area contributed by atoms with Gasteiger partial charge in [-0.1, -0.05) is 30.3 Å². The molecule has 0 saturated carbocycles. The van der Waals surface area contributed by atoms with Crippen molar-refractivity contribution in [2.45, 2.75) is 39.7 Å². The fourth-order valence-corrected chi connectivity index (χ4v) is 2.83. The van der Waals surface area contributed by atoms with Gasteiger partial charge in [-0.3, -0.25) is 0 Å². The highest BCUT2D eigenvalue weighted by molar-refractivity contribution is 5.90. The maximum Gasteiger partial charge on any atom is 0.226 e. The zero-order valence-electron chi connectivity index (χ0n) is 15.6. The van der Waals surface area contributed by atoms with E-state index in [1.54, 1.807) is 0 Å². The van der Waals surface area contributed by atoms with Gasteiger partial charge in [-0.15, -0.1) is 0 Å². The first kappa shape index (κ1) is 17.2. The summed E-state index contributed by atoms with van der Waals surface area (Å²) in [4.78, 5) is 9.36. The van der Waals surface area contributed by atoms with Crippen molar-refractivity contribution in [3.05, 3.63) is 41.6 Å². The molecule has 0 saturated heterocycles. The number of benzene rings is 1. The molecule has 0 spiro atoms. The first-order chi connectivity index (χ1) is 11.8. The molecule has 3 aromatic rings. The molecule has 0 aliphatic heterocycles. The van der Waals surface area contributed by atoms with Gasteiger partial charge in [-0.25, -0.2) is 4.68 Å². The molecule has 0 aliphatic rings. The minimum Gasteiger partial charge on any atom is -0.365 e. The third-order valence-corrected chi connectivity index (χ3v) is 3.89. The summed E-state index contributed by atoms with van der Waals surface area (Å²) in [6.07, 6.45) is 0.925. The highest BCUT2D eigenvalue weighted by atomic mass is 15.3. The number of rotatable bonds is 5. The van der Waals surface area contributed by atoms with E-state index in [1.165, 1.54) is 5.56 Å². The molecule has 2 heterocycles. The van der Waals surface area contributed by atoms with Crippen LogP contribution in [0.4, 0.5) is 11.8 Å². The average Bonchev–Trinajstić information content (AvgIpc) is 2.82. The fourth-order valence-electron chi connectivity index (χ4n) is 2.83. The standard InChI is InChI=1S/C19H26N6/c1-13-15-16(23-19(2,3)4)21-18(22-17(15)25(5)24-13)20-12-11-14-9-7-6-8-10-14/h6-10H,11-12H2,1-5H3,(H2,20,21,22,23). The van der Waals surface area contributed by atoms with Gasteiger partial charge in [-0.05, 0) is 39.7 Å². The molecule has 6 heteroatoms. The van der Waals surface area contributed by atoms with E-state index in [0.29, 0.717) is 5.95 Å². The Kier molecular flexibility index (Phi) is 4.61. The van der Waals surface area contributed by atoms with Gasteiger partial charge in [0, 0.05) is 19.1 Å². The lowest BCUT2D eigenvalue weighted by atomic mass is 10.1. The van der Waals surface area contributed by atoms with Gasteiger partial charge in [-0.2, -0.15) is 15.1 Å². The minimum atomic E-state index is -0.0924. The van der Waals surface area contributed by atoms with Crippen LogP contribution in [0.5, 0.6) is 0 Å². The summed E-state index contributed by atoms with van der Waals surface area (Å²) in [6, 6.07) is 10.4. The lowest BCUT2D eigenvalue weighted by Crippen LogP contribution is -2.27. The Labute approximate surface area is 148 Å². The van der Waals surface area contributed by atoms with E-state index in [9.17, 15) is 0 Å². The lowest BCUT2D eigenvalue weighted by Gasteiger charge is -2.22. The topological polar surface area (TPSA) is 67.7 Å². The summed E-state index contributed by atoms with van der Waals surface area (Å²) >= 11 is 0. The van der Waals surface area contributed by atoms with E-state index in [2.05, 4.69) is 65.8 Å². The molecule has 25 heavy (non-hydrogen) atoms. The molecule has 0 radical (unpaired) electrons. The Balaban J connectivity index is 1.86. The molecule has 0 bridgehead atoms. The molecule has 0 unspecified atom stereocenters. The Morgan fingerprint density at radius 2 is 1.80 bits per heavy atom. The summed E-state index contributed by atoms with van der Waals surface area (Å²) in [7, 11) is 1.91. The molecule has 132 valence electrons. The van der Waals surface area contributed by atoms with Crippen molar-refractivity contribution < 1.29 is 0 Å². The van der Waals surface area contributed by atoms with Crippen molar-refractivity contribution in [2.24, 2.45) is 7.05 Å². The molecule has 0 atom stereocenters. The Bertz CT molecular complexity index is 861. The third kappa shape index (κ3) is 4.07. The van der Waals surface area contributed by atoms with Crippen molar-refractivity contribution in [2.75, 3.05) is 17.2 Å². The second-order valence-corrected chi connectivity index (χ2v) is 7.34. The van der Waals surface area contributed by atoms with Crippen LogP contribution in [0.1, 0.15) is 32.0 Å². The van der Waals surface area contributed by atoms with Gasteiger partial charge < -0.3 is 10.6 Å². The van der Waals surface area contributed by atoms with E-state index in [4.69, 9.17) is 4.98 Å². The van der Waals surface area contributed by atoms with Crippen LogP contribution in [0.2, 0.25) is 0 Å². The molecule has 0 aliphatic carbocycles. The summed E-state index contributed by atoms with van der Waals surface area (Å²) in [5.41, 5.74) is 2.97. The van der Waals surface area contributed by atoms with Gasteiger partial charge in [0.05, 0.1) is 11.1 Å². The van der Waals surface area contributed by atoms with Crippen molar-refractivity contribution in [1.82, 2.24) is 19.7 Å². The molecule has 3 rings (SSSR count). The smallest absolute Gasteiger partial charge is 0.226 e. The van der Waals surface area contributed by atoms with Gasteiger partial charge in [0.15, 0.2) is 5.65 Å². The van der Waals surface area contributed by atoms with Crippen molar-refractivity contribution in [3.8, 4) is 0 Å². The second-order valence-electron chi connectivity index (χ2n) is 7.34. The van der Waals surface area contributed by atoms with Crippen LogP contribution < -0.4 is 10.6 Å². The summed E-state index contributed by atoms with van der Waals surface area (Å²) in [6.45, 7) is 9.13. The van der Waals surface area contributed by atoms with Crippen LogP contribution in [-0.4, -0.2) is 31.8 Å². The van der Waals surface area contributed by atoms with Gasteiger partial charge in [0.1, 0.15) is 5.82 Å². The number of nitrogens with zero attached hydrogens (tertiary/aromatic N) is 4. The van der Waals surface area contributed by atoms with Crippen molar-refractivity contribution in [1.29, 1.82) is 0 Å². The van der Waals surface area contributed by atoms with E-state index in [-0.39, 0.29) is 5.54 Å². The normalized spacial score (nSPS) is 11.7. The van der Waals surface area contributed by atoms with Crippen LogP contribution in [0.3, 0.4) is 0 Å². The summed E-state index contributed by atoms with van der Waals surface area (Å²) in [5.74, 6) is 1.45. The molecule has 2 aromatic heterocycles. The lowest BCUT2D eigenvalue weighted by molar-refractivity contribution is 0.631. The van der Waals surface area contributed by atoms with Crippen molar-refractivity contribution in [3.63, 3.8) is 0 Å². The Morgan fingerprint density at radius 1 is 1.08 bits per heavy atom. The van der Waals surface area contributed by atoms with Gasteiger partial charge in [0.25, 0.3) is 0 Å². The number of fused-ring (bicyclic) bond motifs is 1. The first-order valence-corrected chi connectivity index (χ1v) is 8.61. The maximum absolute atomic E-state index is 4.70. The highest BCUT2D eigenvalue weighted by Crippen LogP contribution is 2.27. The van der Waals surface area contributed by atoms with Crippen LogP contribution >= 0.6 is 0 Å². The summed E-state index contributed by atoms with van der Waals surface area (Å²) in [5, 5.41) is 12.3. The highest BCUT2D eigenvalue weighted by Gasteiger charge is 2.19. The van der Waals surface area contributed by atoms with E-state index in [0.717, 1.165) is 35.5 Å². The predicted octanol–water partition coefficient (Wildman–Crippen LogP) is 3.54. The number of hydrogen-bond donors (Lipinski definition) is 2. The Hall–Kier alpha value is -2.63. The molecule has 6 nitrogen and oxygen atoms in total. The third-order valence-electron chi connectivity index (χ3n) is 3.89.